The SMILES string of the molecule is N#Cc1ccc(Oc2ccc(C=O)o2)c([N+](=O)[O-])c1. The molecule has 94 valence electrons. The molecule has 1 heterocycles. The Balaban J connectivity index is 2.36. The van der Waals surface area contributed by atoms with Crippen molar-refractivity contribution in [2.24, 2.45) is 0 Å². The van der Waals surface area contributed by atoms with Crippen LogP contribution in [0, 0.1) is 21.4 Å². The van der Waals surface area contributed by atoms with Crippen molar-refractivity contribution in [2.75, 3.05) is 0 Å². The maximum Gasteiger partial charge on any atom is 0.313 e. The monoisotopic (exact) mass is 258 g/mol. The van der Waals surface area contributed by atoms with Crippen molar-refractivity contribution in [1.82, 2.24) is 0 Å². The summed E-state index contributed by atoms with van der Waals surface area (Å²) in [5.74, 6) is -0.0722. The van der Waals surface area contributed by atoms with E-state index >= 15 is 0 Å². The molecule has 0 N–H and O–H groups in total. The second kappa shape index (κ2) is 5.01. The van der Waals surface area contributed by atoms with Crippen LogP contribution in [0.2, 0.25) is 0 Å². The van der Waals surface area contributed by atoms with E-state index in [0.717, 1.165) is 6.07 Å². The number of nitro benzene ring substituents is 1. The zero-order valence-electron chi connectivity index (χ0n) is 9.40. The molecule has 2 aromatic rings. The number of hydrogen-bond donors (Lipinski definition) is 0. The first-order valence-corrected chi connectivity index (χ1v) is 5.05. The maximum atomic E-state index is 10.9. The molecule has 0 saturated carbocycles. The molecule has 0 unspecified atom stereocenters. The number of nitro groups is 1. The van der Waals surface area contributed by atoms with Crippen molar-refractivity contribution in [3.63, 3.8) is 0 Å². The highest BCUT2D eigenvalue weighted by molar-refractivity contribution is 5.70. The number of hydrogen-bond acceptors (Lipinski definition) is 6. The van der Waals surface area contributed by atoms with Gasteiger partial charge in [0.25, 0.3) is 5.95 Å². The number of benzene rings is 1. The predicted molar refractivity (Wildman–Crippen MR) is 62.0 cm³/mol. The first-order chi connectivity index (χ1) is 9.13. The second-order valence-electron chi connectivity index (χ2n) is 3.43. The van der Waals surface area contributed by atoms with Gasteiger partial charge in [0, 0.05) is 12.1 Å². The van der Waals surface area contributed by atoms with Crippen molar-refractivity contribution in [3.8, 4) is 17.8 Å². The zero-order valence-corrected chi connectivity index (χ0v) is 9.40. The third-order valence-corrected chi connectivity index (χ3v) is 2.21. The Hall–Kier alpha value is -3.14. The maximum absolute atomic E-state index is 10.9. The van der Waals surface area contributed by atoms with Crippen LogP contribution in [0.1, 0.15) is 16.1 Å². The number of furan rings is 1. The Morgan fingerprint density at radius 1 is 1.37 bits per heavy atom. The number of aldehydes is 1. The summed E-state index contributed by atoms with van der Waals surface area (Å²) in [5.41, 5.74) is -0.213. The minimum absolute atomic E-state index is 0.0464. The van der Waals surface area contributed by atoms with Gasteiger partial charge in [-0.2, -0.15) is 5.26 Å². The van der Waals surface area contributed by atoms with Gasteiger partial charge in [-0.25, -0.2) is 0 Å². The molecule has 1 aromatic heterocycles. The van der Waals surface area contributed by atoms with E-state index in [1.165, 1.54) is 24.3 Å². The van der Waals surface area contributed by atoms with E-state index < -0.39 is 4.92 Å². The summed E-state index contributed by atoms with van der Waals surface area (Å²) in [7, 11) is 0. The zero-order chi connectivity index (χ0) is 13.8. The summed E-state index contributed by atoms with van der Waals surface area (Å²) >= 11 is 0. The molecule has 0 aliphatic heterocycles. The molecule has 0 spiro atoms. The van der Waals surface area contributed by atoms with Gasteiger partial charge >= 0.3 is 5.69 Å². The molecule has 7 nitrogen and oxygen atoms in total. The van der Waals surface area contributed by atoms with Crippen LogP contribution >= 0.6 is 0 Å². The van der Waals surface area contributed by atoms with Gasteiger partial charge in [-0.15, -0.1) is 0 Å². The molecule has 0 atom stereocenters. The first-order valence-electron chi connectivity index (χ1n) is 5.05. The summed E-state index contributed by atoms with van der Waals surface area (Å²) in [4.78, 5) is 20.6. The van der Waals surface area contributed by atoms with Crippen molar-refractivity contribution in [1.29, 1.82) is 5.26 Å². The van der Waals surface area contributed by atoms with Gasteiger partial charge < -0.3 is 9.15 Å². The number of ether oxygens (including phenoxy) is 1. The topological polar surface area (TPSA) is 106 Å². The summed E-state index contributed by atoms with van der Waals surface area (Å²) in [6.07, 6.45) is 0.486. The van der Waals surface area contributed by atoms with E-state index in [1.54, 1.807) is 6.07 Å². The Labute approximate surface area is 106 Å². The van der Waals surface area contributed by atoms with Crippen LogP contribution in [0.25, 0.3) is 0 Å². The molecule has 19 heavy (non-hydrogen) atoms. The third-order valence-electron chi connectivity index (χ3n) is 2.21. The molecule has 1 aromatic carbocycles. The van der Waals surface area contributed by atoms with Gasteiger partial charge in [0.15, 0.2) is 12.0 Å². The summed E-state index contributed by atoms with van der Waals surface area (Å²) < 4.78 is 10.1. The van der Waals surface area contributed by atoms with Crippen LogP contribution in [0.3, 0.4) is 0 Å². The van der Waals surface area contributed by atoms with Crippen molar-refractivity contribution < 1.29 is 18.9 Å². The minimum Gasteiger partial charge on any atom is -0.422 e. The summed E-state index contributed by atoms with van der Waals surface area (Å²) in [6.45, 7) is 0. The number of carbonyl (C=O) groups excluding carboxylic acids is 1. The quantitative estimate of drug-likeness (QED) is 0.474. The Morgan fingerprint density at radius 2 is 2.16 bits per heavy atom. The first kappa shape index (κ1) is 12.3. The van der Waals surface area contributed by atoms with Crippen LogP contribution in [-0.4, -0.2) is 11.2 Å². The van der Waals surface area contributed by atoms with Gasteiger partial charge in [-0.1, -0.05) is 0 Å². The predicted octanol–water partition coefficient (Wildman–Crippen LogP) is 2.66. The molecule has 2 rings (SSSR count). The van der Waals surface area contributed by atoms with Crippen LogP contribution in [0.15, 0.2) is 34.7 Å². The van der Waals surface area contributed by atoms with E-state index in [1.807, 2.05) is 0 Å². The van der Waals surface area contributed by atoms with Crippen molar-refractivity contribution in [2.45, 2.75) is 0 Å². The van der Waals surface area contributed by atoms with E-state index in [4.69, 9.17) is 14.4 Å². The lowest BCUT2D eigenvalue weighted by molar-refractivity contribution is -0.385. The molecule has 0 bridgehead atoms. The van der Waals surface area contributed by atoms with Crippen LogP contribution in [0.4, 0.5) is 5.69 Å². The van der Waals surface area contributed by atoms with Gasteiger partial charge in [0.2, 0.25) is 5.75 Å². The lowest BCUT2D eigenvalue weighted by atomic mass is 10.2. The standard InChI is InChI=1S/C12H6N2O5/c13-6-8-1-3-11(10(5-8)14(16)17)19-12-4-2-9(7-15)18-12/h1-5,7H. The number of nitrogens with zero attached hydrogens (tertiary/aromatic N) is 2. The van der Waals surface area contributed by atoms with Crippen LogP contribution in [-0.2, 0) is 0 Å². The molecule has 0 aliphatic rings. The minimum atomic E-state index is -0.667. The summed E-state index contributed by atoms with van der Waals surface area (Å²) in [6, 6.07) is 8.30. The number of carbonyl (C=O) groups is 1. The average Bonchev–Trinajstić information content (AvgIpc) is 2.86. The normalized spacial score (nSPS) is 9.63. The van der Waals surface area contributed by atoms with Crippen molar-refractivity contribution >= 4 is 12.0 Å². The Bertz CT molecular complexity index is 684. The Morgan fingerprint density at radius 3 is 2.74 bits per heavy atom. The highest BCUT2D eigenvalue weighted by atomic mass is 16.6. The second-order valence-corrected chi connectivity index (χ2v) is 3.43. The highest BCUT2D eigenvalue weighted by Crippen LogP contribution is 2.32. The molecular weight excluding hydrogens is 252 g/mol. The molecule has 7 heteroatoms. The molecule has 0 radical (unpaired) electrons. The van der Waals surface area contributed by atoms with Gasteiger partial charge in [-0.05, 0) is 18.2 Å². The summed E-state index contributed by atoms with van der Waals surface area (Å²) in [5, 5.41) is 19.6. The smallest absolute Gasteiger partial charge is 0.313 e. The lowest BCUT2D eigenvalue weighted by Gasteiger charge is -2.03. The molecule has 0 saturated heterocycles. The van der Waals surface area contributed by atoms with Crippen LogP contribution < -0.4 is 4.74 Å². The molecule has 0 fully saturated rings. The fourth-order valence-corrected chi connectivity index (χ4v) is 1.38. The fraction of sp³-hybridized carbons (Fsp3) is 0. The van der Waals surface area contributed by atoms with Gasteiger partial charge in [0.05, 0.1) is 16.6 Å². The average molecular weight is 258 g/mol. The van der Waals surface area contributed by atoms with Crippen molar-refractivity contribution in [3.05, 3.63) is 51.8 Å². The molecular formula is C12H6N2O5. The Kier molecular flexibility index (Phi) is 3.25. The lowest BCUT2D eigenvalue weighted by Crippen LogP contribution is -1.93. The fourth-order valence-electron chi connectivity index (χ4n) is 1.38. The van der Waals surface area contributed by atoms with Crippen LogP contribution in [0.5, 0.6) is 11.7 Å². The largest absolute Gasteiger partial charge is 0.422 e. The van der Waals surface area contributed by atoms with E-state index in [0.29, 0.717) is 6.29 Å². The number of nitriles is 1. The number of rotatable bonds is 4. The van der Waals surface area contributed by atoms with Gasteiger partial charge in [0.1, 0.15) is 0 Å². The highest BCUT2D eigenvalue weighted by Gasteiger charge is 2.18. The third kappa shape index (κ3) is 2.58. The van der Waals surface area contributed by atoms with Gasteiger partial charge in [-0.3, -0.25) is 14.9 Å². The molecule has 0 amide bonds. The van der Waals surface area contributed by atoms with E-state index in [-0.39, 0.29) is 28.7 Å². The van der Waals surface area contributed by atoms with E-state index in [2.05, 4.69) is 0 Å². The van der Waals surface area contributed by atoms with E-state index in [9.17, 15) is 14.9 Å². The molecule has 0 aliphatic carbocycles.